The van der Waals surface area contributed by atoms with E-state index in [9.17, 15) is 9.59 Å². The molecule has 0 saturated heterocycles. The van der Waals surface area contributed by atoms with Gasteiger partial charge in [0.05, 0.1) is 16.3 Å². The second kappa shape index (κ2) is 5.50. The Balaban J connectivity index is 2.22. The normalized spacial score (nSPS) is 10.3. The molecule has 0 radical (unpaired) electrons. The van der Waals surface area contributed by atoms with Gasteiger partial charge in [0.25, 0.3) is 11.8 Å². The number of anilines is 1. The molecule has 100 valence electrons. The van der Waals surface area contributed by atoms with Crippen LogP contribution in [0.5, 0.6) is 0 Å². The standard InChI is InChI=1S/C12H13N3O2S2/c1-6-9(19-7(2)14-6)11(17)15-12-8(4-5-18-12)10(16)13-3/h4-5H,1-3H3,(H,13,16)(H,15,17). The van der Waals surface area contributed by atoms with Crippen molar-refractivity contribution in [1.82, 2.24) is 10.3 Å². The van der Waals surface area contributed by atoms with Crippen LogP contribution in [0.4, 0.5) is 5.00 Å². The first-order chi connectivity index (χ1) is 9.02. The van der Waals surface area contributed by atoms with Crippen LogP contribution >= 0.6 is 22.7 Å². The second-order valence-electron chi connectivity index (χ2n) is 3.84. The molecule has 0 spiro atoms. The fourth-order valence-electron chi connectivity index (χ4n) is 1.62. The lowest BCUT2D eigenvalue weighted by molar-refractivity contribution is 0.0964. The predicted molar refractivity (Wildman–Crippen MR) is 77.3 cm³/mol. The fraction of sp³-hybridized carbons (Fsp3) is 0.250. The Bertz CT molecular complexity index is 631. The highest BCUT2D eigenvalue weighted by Gasteiger charge is 2.18. The molecule has 0 aliphatic carbocycles. The predicted octanol–water partition coefficient (Wildman–Crippen LogP) is 2.43. The molecule has 0 aromatic carbocycles. The summed E-state index contributed by atoms with van der Waals surface area (Å²) in [6.45, 7) is 3.65. The zero-order chi connectivity index (χ0) is 14.0. The van der Waals surface area contributed by atoms with Crippen molar-refractivity contribution in [2.75, 3.05) is 12.4 Å². The molecular formula is C12H13N3O2S2. The summed E-state index contributed by atoms with van der Waals surface area (Å²) < 4.78 is 0. The topological polar surface area (TPSA) is 71.1 Å². The van der Waals surface area contributed by atoms with Crippen molar-refractivity contribution in [2.24, 2.45) is 0 Å². The van der Waals surface area contributed by atoms with Crippen LogP contribution in [0.25, 0.3) is 0 Å². The minimum atomic E-state index is -0.226. The van der Waals surface area contributed by atoms with Gasteiger partial charge < -0.3 is 10.6 Å². The third kappa shape index (κ3) is 2.82. The van der Waals surface area contributed by atoms with Crippen LogP contribution in [0.2, 0.25) is 0 Å². The lowest BCUT2D eigenvalue weighted by atomic mass is 10.3. The van der Waals surface area contributed by atoms with Crippen LogP contribution < -0.4 is 10.6 Å². The average Bonchev–Trinajstić information content (AvgIpc) is 2.95. The molecule has 0 saturated carbocycles. The minimum Gasteiger partial charge on any atom is -0.355 e. The number of thiophene rings is 1. The third-order valence-electron chi connectivity index (χ3n) is 2.47. The number of nitrogens with zero attached hydrogens (tertiary/aromatic N) is 1. The fourth-order valence-corrected chi connectivity index (χ4v) is 3.22. The summed E-state index contributed by atoms with van der Waals surface area (Å²) in [5.74, 6) is -0.440. The maximum absolute atomic E-state index is 12.1. The van der Waals surface area contributed by atoms with E-state index < -0.39 is 0 Å². The first-order valence-corrected chi connectivity index (χ1v) is 7.27. The molecule has 0 atom stereocenters. The van der Waals surface area contributed by atoms with Gasteiger partial charge in [-0.1, -0.05) is 0 Å². The molecule has 0 aliphatic rings. The number of aryl methyl sites for hydroxylation is 2. The number of amides is 2. The summed E-state index contributed by atoms with van der Waals surface area (Å²) in [6.07, 6.45) is 0. The lowest BCUT2D eigenvalue weighted by Crippen LogP contribution is -2.20. The van der Waals surface area contributed by atoms with E-state index >= 15 is 0 Å². The van der Waals surface area contributed by atoms with Crippen molar-refractivity contribution >= 4 is 39.5 Å². The van der Waals surface area contributed by atoms with E-state index in [0.29, 0.717) is 21.1 Å². The molecule has 19 heavy (non-hydrogen) atoms. The summed E-state index contributed by atoms with van der Waals surface area (Å²) >= 11 is 2.67. The summed E-state index contributed by atoms with van der Waals surface area (Å²) in [6, 6.07) is 1.68. The van der Waals surface area contributed by atoms with Gasteiger partial charge in [-0.25, -0.2) is 4.98 Å². The van der Waals surface area contributed by atoms with Crippen molar-refractivity contribution in [1.29, 1.82) is 0 Å². The number of aromatic nitrogens is 1. The molecule has 2 rings (SSSR count). The first-order valence-electron chi connectivity index (χ1n) is 5.58. The van der Waals surface area contributed by atoms with Gasteiger partial charge in [0.15, 0.2) is 0 Å². The molecule has 0 fully saturated rings. The van der Waals surface area contributed by atoms with Crippen molar-refractivity contribution in [3.63, 3.8) is 0 Å². The first kappa shape index (κ1) is 13.7. The van der Waals surface area contributed by atoms with Gasteiger partial charge in [0.2, 0.25) is 0 Å². The molecule has 5 nitrogen and oxygen atoms in total. The SMILES string of the molecule is CNC(=O)c1ccsc1NC(=O)c1sc(C)nc1C. The summed E-state index contributed by atoms with van der Waals surface area (Å²) in [5.41, 5.74) is 1.18. The van der Waals surface area contributed by atoms with Gasteiger partial charge >= 0.3 is 0 Å². The highest BCUT2D eigenvalue weighted by Crippen LogP contribution is 2.25. The van der Waals surface area contributed by atoms with Gasteiger partial charge in [-0.15, -0.1) is 22.7 Å². The molecule has 2 heterocycles. The number of nitrogens with one attached hydrogen (secondary N) is 2. The number of carbonyl (C=O) groups is 2. The van der Waals surface area contributed by atoms with E-state index in [1.165, 1.54) is 22.7 Å². The number of carbonyl (C=O) groups excluding carboxylic acids is 2. The van der Waals surface area contributed by atoms with E-state index in [1.807, 2.05) is 6.92 Å². The quantitative estimate of drug-likeness (QED) is 0.913. The maximum atomic E-state index is 12.1. The maximum Gasteiger partial charge on any atom is 0.268 e. The molecule has 0 unspecified atom stereocenters. The number of rotatable bonds is 3. The van der Waals surface area contributed by atoms with Gasteiger partial charge in [0.1, 0.15) is 9.88 Å². The molecule has 2 aromatic rings. The van der Waals surface area contributed by atoms with Crippen LogP contribution in [0.15, 0.2) is 11.4 Å². The van der Waals surface area contributed by atoms with E-state index in [0.717, 1.165) is 5.01 Å². The van der Waals surface area contributed by atoms with Crippen molar-refractivity contribution in [2.45, 2.75) is 13.8 Å². The Morgan fingerprint density at radius 2 is 2.00 bits per heavy atom. The van der Waals surface area contributed by atoms with Crippen molar-refractivity contribution < 1.29 is 9.59 Å². The number of thiazole rings is 1. The van der Waals surface area contributed by atoms with Gasteiger partial charge in [0, 0.05) is 7.05 Å². The van der Waals surface area contributed by atoms with Crippen LogP contribution in [0, 0.1) is 13.8 Å². The van der Waals surface area contributed by atoms with E-state index in [-0.39, 0.29) is 11.8 Å². The third-order valence-corrected chi connectivity index (χ3v) is 4.38. The molecule has 0 aliphatic heterocycles. The van der Waals surface area contributed by atoms with Crippen LogP contribution in [-0.4, -0.2) is 23.8 Å². The Morgan fingerprint density at radius 3 is 2.58 bits per heavy atom. The Hall–Kier alpha value is -1.73. The monoisotopic (exact) mass is 295 g/mol. The largest absolute Gasteiger partial charge is 0.355 e. The summed E-state index contributed by atoms with van der Waals surface area (Å²) in [4.78, 5) is 28.6. The number of hydrogen-bond acceptors (Lipinski definition) is 5. The van der Waals surface area contributed by atoms with E-state index in [4.69, 9.17) is 0 Å². The highest BCUT2D eigenvalue weighted by molar-refractivity contribution is 7.15. The molecule has 2 aromatic heterocycles. The van der Waals surface area contributed by atoms with Gasteiger partial charge in [-0.3, -0.25) is 9.59 Å². The van der Waals surface area contributed by atoms with E-state index in [2.05, 4.69) is 15.6 Å². The lowest BCUT2D eigenvalue weighted by Gasteiger charge is -2.04. The van der Waals surface area contributed by atoms with Crippen molar-refractivity contribution in [3.05, 3.63) is 32.6 Å². The second-order valence-corrected chi connectivity index (χ2v) is 5.96. The zero-order valence-corrected chi connectivity index (χ0v) is 12.4. The Kier molecular flexibility index (Phi) is 3.96. The molecule has 2 N–H and O–H groups in total. The highest BCUT2D eigenvalue weighted by atomic mass is 32.1. The Morgan fingerprint density at radius 1 is 1.26 bits per heavy atom. The number of hydrogen-bond donors (Lipinski definition) is 2. The summed E-state index contributed by atoms with van der Waals surface area (Å²) in [5, 5.41) is 8.48. The zero-order valence-electron chi connectivity index (χ0n) is 10.7. The van der Waals surface area contributed by atoms with Crippen LogP contribution in [0.1, 0.15) is 30.7 Å². The summed E-state index contributed by atoms with van der Waals surface area (Å²) in [7, 11) is 1.56. The van der Waals surface area contributed by atoms with Gasteiger partial charge in [-0.2, -0.15) is 0 Å². The molecular weight excluding hydrogens is 282 g/mol. The smallest absolute Gasteiger partial charge is 0.268 e. The van der Waals surface area contributed by atoms with Crippen molar-refractivity contribution in [3.8, 4) is 0 Å². The average molecular weight is 295 g/mol. The minimum absolute atomic E-state index is 0.214. The molecule has 2 amide bonds. The van der Waals surface area contributed by atoms with Crippen LogP contribution in [0.3, 0.4) is 0 Å². The van der Waals surface area contributed by atoms with E-state index in [1.54, 1.807) is 25.4 Å². The van der Waals surface area contributed by atoms with Gasteiger partial charge in [-0.05, 0) is 25.3 Å². The van der Waals surface area contributed by atoms with Crippen LogP contribution in [-0.2, 0) is 0 Å². The molecule has 0 bridgehead atoms. The molecule has 7 heteroatoms. The Labute approximate surface area is 118 Å².